The van der Waals surface area contributed by atoms with Gasteiger partial charge in [-0.2, -0.15) is 11.8 Å². The molecule has 2 fully saturated rings. The quantitative estimate of drug-likeness (QED) is 0.795. The molecular formula is C20H25N3O3S. The van der Waals surface area contributed by atoms with E-state index in [0.717, 1.165) is 23.4 Å². The lowest BCUT2D eigenvalue weighted by molar-refractivity contribution is -0.144. The van der Waals surface area contributed by atoms with Crippen LogP contribution in [0.15, 0.2) is 24.3 Å². The highest BCUT2D eigenvalue weighted by molar-refractivity contribution is 7.98. The van der Waals surface area contributed by atoms with E-state index < -0.39 is 17.4 Å². The molecule has 0 aliphatic carbocycles. The van der Waals surface area contributed by atoms with Gasteiger partial charge in [0.25, 0.3) is 5.91 Å². The van der Waals surface area contributed by atoms with Crippen LogP contribution in [0.4, 0.5) is 5.69 Å². The summed E-state index contributed by atoms with van der Waals surface area (Å²) in [4.78, 5) is 43.0. The Morgan fingerprint density at radius 1 is 1.19 bits per heavy atom. The smallest absolute Gasteiger partial charge is 0.252 e. The molecule has 0 aromatic heterocycles. The van der Waals surface area contributed by atoms with Gasteiger partial charge in [0, 0.05) is 30.4 Å². The number of likely N-dealkylation sites (tertiary alicyclic amines) is 1. The van der Waals surface area contributed by atoms with E-state index in [1.54, 1.807) is 23.7 Å². The molecule has 3 heterocycles. The second kappa shape index (κ2) is 6.34. The number of thioether (sulfide) groups is 1. The lowest BCUT2D eigenvalue weighted by Gasteiger charge is -2.31. The number of amides is 3. The minimum Gasteiger partial charge on any atom is -0.313 e. The Morgan fingerprint density at radius 2 is 1.89 bits per heavy atom. The third kappa shape index (κ3) is 2.27. The Morgan fingerprint density at radius 3 is 2.56 bits per heavy atom. The number of imide groups is 1. The number of carbonyl (C=O) groups is 3. The van der Waals surface area contributed by atoms with Crippen LogP contribution in [-0.4, -0.2) is 53.8 Å². The number of fused-ring (bicyclic) bond motifs is 4. The standard InChI is InChI=1S/C20H25N3O3S/c1-11(2)23-17(24)15-13(9-10-27-4)21-20(16(15)18(23)25)12-7-5-6-8-14(12)22(3)19(20)26/h5-8,11,13,15-16,21H,9-10H2,1-4H3/t13-,15-,16+,20-/m1/s1. The van der Waals surface area contributed by atoms with E-state index in [4.69, 9.17) is 0 Å². The number of para-hydroxylation sites is 1. The van der Waals surface area contributed by atoms with E-state index in [1.807, 2.05) is 44.4 Å². The Bertz CT molecular complexity index is 826. The molecule has 4 atom stereocenters. The lowest BCUT2D eigenvalue weighted by Crippen LogP contribution is -2.55. The summed E-state index contributed by atoms with van der Waals surface area (Å²) in [6.45, 7) is 3.70. The molecule has 2 saturated heterocycles. The average molecular weight is 388 g/mol. The van der Waals surface area contributed by atoms with E-state index in [2.05, 4.69) is 5.32 Å². The van der Waals surface area contributed by atoms with E-state index >= 15 is 0 Å². The van der Waals surface area contributed by atoms with Gasteiger partial charge in [0.15, 0.2) is 0 Å². The molecule has 0 radical (unpaired) electrons. The summed E-state index contributed by atoms with van der Waals surface area (Å²) in [7, 11) is 1.74. The minimum absolute atomic E-state index is 0.142. The summed E-state index contributed by atoms with van der Waals surface area (Å²) in [6.07, 6.45) is 2.77. The molecule has 27 heavy (non-hydrogen) atoms. The van der Waals surface area contributed by atoms with Crippen LogP contribution in [-0.2, 0) is 19.9 Å². The van der Waals surface area contributed by atoms with Crippen molar-refractivity contribution in [3.8, 4) is 0 Å². The Balaban J connectivity index is 1.88. The molecule has 4 rings (SSSR count). The topological polar surface area (TPSA) is 69.7 Å². The molecule has 3 aliphatic rings. The van der Waals surface area contributed by atoms with Crippen molar-refractivity contribution in [3.63, 3.8) is 0 Å². The highest BCUT2D eigenvalue weighted by Crippen LogP contribution is 2.54. The van der Waals surface area contributed by atoms with Gasteiger partial charge in [0.2, 0.25) is 11.8 Å². The SMILES string of the molecule is CSCC[C@H]1N[C@@]2(C(=O)N(C)c3ccccc32)[C@@H]2C(=O)N(C(C)C)C(=O)[C@@H]21. The molecule has 0 saturated carbocycles. The van der Waals surface area contributed by atoms with Crippen LogP contribution < -0.4 is 10.2 Å². The van der Waals surface area contributed by atoms with Crippen LogP contribution >= 0.6 is 11.8 Å². The van der Waals surface area contributed by atoms with E-state index in [0.29, 0.717) is 0 Å². The number of likely N-dealkylation sites (N-methyl/N-ethyl adjacent to an activating group) is 1. The van der Waals surface area contributed by atoms with Crippen LogP contribution in [0.25, 0.3) is 0 Å². The third-order valence-corrected chi connectivity index (χ3v) is 6.82. The molecule has 1 aromatic rings. The van der Waals surface area contributed by atoms with Crippen LogP contribution in [0, 0.1) is 11.8 Å². The fourth-order valence-corrected chi connectivity index (χ4v) is 5.57. The first-order valence-corrected chi connectivity index (χ1v) is 10.8. The molecule has 1 spiro atoms. The summed E-state index contributed by atoms with van der Waals surface area (Å²) >= 11 is 1.70. The van der Waals surface area contributed by atoms with Gasteiger partial charge >= 0.3 is 0 Å². The Kier molecular flexibility index (Phi) is 4.35. The average Bonchev–Trinajstić information content (AvgIpc) is 3.20. The van der Waals surface area contributed by atoms with Crippen molar-refractivity contribution in [2.45, 2.75) is 37.9 Å². The number of rotatable bonds is 4. The van der Waals surface area contributed by atoms with Crippen LogP contribution in [0.5, 0.6) is 0 Å². The number of nitrogens with one attached hydrogen (secondary N) is 1. The molecule has 1 aromatic carbocycles. The zero-order valence-electron chi connectivity index (χ0n) is 16.1. The zero-order valence-corrected chi connectivity index (χ0v) is 16.9. The van der Waals surface area contributed by atoms with Crippen molar-refractivity contribution in [2.24, 2.45) is 11.8 Å². The van der Waals surface area contributed by atoms with Crippen LogP contribution in [0.3, 0.4) is 0 Å². The van der Waals surface area contributed by atoms with Gasteiger partial charge in [0.05, 0.1) is 11.8 Å². The number of nitrogens with zero attached hydrogens (tertiary/aromatic N) is 2. The third-order valence-electron chi connectivity index (χ3n) is 6.18. The molecule has 144 valence electrons. The first kappa shape index (κ1) is 18.5. The number of hydrogen-bond donors (Lipinski definition) is 1. The van der Waals surface area contributed by atoms with Gasteiger partial charge in [0.1, 0.15) is 5.54 Å². The van der Waals surface area contributed by atoms with Gasteiger partial charge in [-0.1, -0.05) is 18.2 Å². The van der Waals surface area contributed by atoms with Gasteiger partial charge in [-0.25, -0.2) is 0 Å². The lowest BCUT2D eigenvalue weighted by atomic mass is 9.76. The summed E-state index contributed by atoms with van der Waals surface area (Å²) in [5.74, 6) is -0.815. The Hall–Kier alpha value is -1.86. The second-order valence-corrected chi connectivity index (χ2v) is 8.85. The van der Waals surface area contributed by atoms with Crippen LogP contribution in [0.1, 0.15) is 25.8 Å². The number of hydrogen-bond acceptors (Lipinski definition) is 5. The van der Waals surface area contributed by atoms with Gasteiger partial charge in [-0.05, 0) is 38.3 Å². The maximum atomic E-state index is 13.5. The Labute approximate surface area is 163 Å². The zero-order chi connectivity index (χ0) is 19.5. The van der Waals surface area contributed by atoms with Crippen molar-refractivity contribution in [1.82, 2.24) is 10.2 Å². The summed E-state index contributed by atoms with van der Waals surface area (Å²) in [5.41, 5.74) is 0.476. The molecule has 0 unspecified atom stereocenters. The van der Waals surface area contributed by atoms with Crippen molar-refractivity contribution in [3.05, 3.63) is 29.8 Å². The first-order valence-electron chi connectivity index (χ1n) is 9.37. The summed E-state index contributed by atoms with van der Waals surface area (Å²) < 4.78 is 0. The predicted octanol–water partition coefficient (Wildman–Crippen LogP) is 1.59. The number of benzene rings is 1. The van der Waals surface area contributed by atoms with Crippen LogP contribution in [0.2, 0.25) is 0 Å². The van der Waals surface area contributed by atoms with Gasteiger partial charge in [-0.15, -0.1) is 0 Å². The van der Waals surface area contributed by atoms with Gasteiger partial charge < -0.3 is 4.90 Å². The van der Waals surface area contributed by atoms with Crippen molar-refractivity contribution in [2.75, 3.05) is 24.0 Å². The van der Waals surface area contributed by atoms with Crippen molar-refractivity contribution >= 4 is 35.2 Å². The van der Waals surface area contributed by atoms with Crippen molar-refractivity contribution in [1.29, 1.82) is 0 Å². The molecule has 3 aliphatic heterocycles. The number of anilines is 1. The predicted molar refractivity (Wildman–Crippen MR) is 105 cm³/mol. The van der Waals surface area contributed by atoms with Gasteiger partial charge in [-0.3, -0.25) is 24.6 Å². The number of carbonyl (C=O) groups excluding carboxylic acids is 3. The highest BCUT2D eigenvalue weighted by atomic mass is 32.2. The monoisotopic (exact) mass is 387 g/mol. The molecular weight excluding hydrogens is 362 g/mol. The highest BCUT2D eigenvalue weighted by Gasteiger charge is 2.71. The molecule has 1 N–H and O–H groups in total. The van der Waals surface area contributed by atoms with Crippen molar-refractivity contribution < 1.29 is 14.4 Å². The largest absolute Gasteiger partial charge is 0.313 e. The maximum absolute atomic E-state index is 13.5. The normalized spacial score (nSPS) is 32.2. The molecule has 7 heteroatoms. The minimum atomic E-state index is -1.14. The summed E-state index contributed by atoms with van der Waals surface area (Å²) in [5, 5.41) is 3.49. The van der Waals surface area contributed by atoms with E-state index in [1.165, 1.54) is 4.90 Å². The fourth-order valence-electron chi connectivity index (χ4n) is 5.08. The van der Waals surface area contributed by atoms with E-state index in [9.17, 15) is 14.4 Å². The molecule has 0 bridgehead atoms. The maximum Gasteiger partial charge on any atom is 0.252 e. The first-order chi connectivity index (χ1) is 12.9. The summed E-state index contributed by atoms with van der Waals surface area (Å²) in [6, 6.07) is 7.19. The second-order valence-electron chi connectivity index (χ2n) is 7.87. The molecule has 6 nitrogen and oxygen atoms in total. The molecule has 3 amide bonds. The van der Waals surface area contributed by atoms with E-state index in [-0.39, 0.29) is 29.8 Å². The fraction of sp³-hybridized carbons (Fsp3) is 0.550.